The molecule has 0 saturated carbocycles. The molecule has 0 aliphatic rings. The quantitative estimate of drug-likeness (QED) is 0.498. The Labute approximate surface area is 124 Å². The van der Waals surface area contributed by atoms with Gasteiger partial charge in [0.1, 0.15) is 22.6 Å². The van der Waals surface area contributed by atoms with E-state index in [0.717, 1.165) is 0 Å². The van der Waals surface area contributed by atoms with Gasteiger partial charge < -0.3 is 19.9 Å². The molecule has 0 spiro atoms. The third-order valence-electron chi connectivity index (χ3n) is 3.09. The molecule has 0 aliphatic heterocycles. The van der Waals surface area contributed by atoms with E-state index < -0.39 is 11.5 Å². The highest BCUT2D eigenvalue weighted by Crippen LogP contribution is 2.20. The largest absolute Gasteiger partial charge is 0.508 e. The van der Waals surface area contributed by atoms with Crippen molar-refractivity contribution in [2.24, 2.45) is 0 Å². The molecular formula is C16H11NO5. The lowest BCUT2D eigenvalue weighted by molar-refractivity contribution is 0.102. The lowest BCUT2D eigenvalue weighted by Crippen LogP contribution is -2.20. The van der Waals surface area contributed by atoms with Gasteiger partial charge in [0.05, 0.1) is 0 Å². The topological polar surface area (TPSA) is 99.8 Å². The number of rotatable bonds is 2. The summed E-state index contributed by atoms with van der Waals surface area (Å²) in [6, 6.07) is 11.5. The van der Waals surface area contributed by atoms with Crippen LogP contribution in [-0.4, -0.2) is 16.1 Å². The van der Waals surface area contributed by atoms with E-state index >= 15 is 0 Å². The Morgan fingerprint density at radius 1 is 0.955 bits per heavy atom. The first-order valence-electron chi connectivity index (χ1n) is 6.40. The first kappa shape index (κ1) is 13.7. The molecule has 0 radical (unpaired) electrons. The number of carbonyl (C=O) groups is 1. The molecule has 6 nitrogen and oxygen atoms in total. The molecule has 0 atom stereocenters. The Hall–Kier alpha value is -3.28. The number of fused-ring (bicyclic) bond motifs is 1. The molecule has 6 heteroatoms. The summed E-state index contributed by atoms with van der Waals surface area (Å²) in [6.07, 6.45) is 0. The van der Waals surface area contributed by atoms with Crippen molar-refractivity contribution in [2.75, 3.05) is 5.32 Å². The smallest absolute Gasteiger partial charge is 0.349 e. The monoisotopic (exact) mass is 297 g/mol. The summed E-state index contributed by atoms with van der Waals surface area (Å²) in [5, 5.41) is 21.6. The highest BCUT2D eigenvalue weighted by Gasteiger charge is 2.14. The molecule has 1 aromatic heterocycles. The summed E-state index contributed by atoms with van der Waals surface area (Å²) in [6.45, 7) is 0. The summed E-state index contributed by atoms with van der Waals surface area (Å²) < 4.78 is 5.04. The predicted octanol–water partition coefficient (Wildman–Crippen LogP) is 2.46. The third kappa shape index (κ3) is 2.62. The molecule has 0 saturated heterocycles. The number of phenolic OH excluding ortho intramolecular Hbond substituents is 2. The number of hydrogen-bond acceptors (Lipinski definition) is 5. The summed E-state index contributed by atoms with van der Waals surface area (Å²) in [4.78, 5) is 24.0. The highest BCUT2D eigenvalue weighted by atomic mass is 16.4. The van der Waals surface area contributed by atoms with Gasteiger partial charge in [0.15, 0.2) is 0 Å². The van der Waals surface area contributed by atoms with Crippen LogP contribution in [0.25, 0.3) is 11.0 Å². The Morgan fingerprint density at radius 2 is 1.64 bits per heavy atom. The molecule has 2 aromatic carbocycles. The van der Waals surface area contributed by atoms with Crippen LogP contribution in [-0.2, 0) is 0 Å². The van der Waals surface area contributed by atoms with Gasteiger partial charge in [-0.1, -0.05) is 0 Å². The van der Waals surface area contributed by atoms with Crippen LogP contribution in [0.3, 0.4) is 0 Å². The average Bonchev–Trinajstić information content (AvgIpc) is 2.48. The van der Waals surface area contributed by atoms with Crippen LogP contribution in [0.2, 0.25) is 0 Å². The van der Waals surface area contributed by atoms with Crippen molar-refractivity contribution < 1.29 is 19.4 Å². The molecular weight excluding hydrogens is 286 g/mol. The number of nitrogens with one attached hydrogen (secondary N) is 1. The lowest BCUT2D eigenvalue weighted by atomic mass is 10.1. The second-order valence-corrected chi connectivity index (χ2v) is 4.67. The molecule has 1 heterocycles. The Bertz CT molecular complexity index is 912. The van der Waals surface area contributed by atoms with Crippen molar-refractivity contribution >= 4 is 22.6 Å². The summed E-state index contributed by atoms with van der Waals surface area (Å²) in [5.74, 6) is -0.575. The van der Waals surface area contributed by atoms with Crippen molar-refractivity contribution in [1.29, 1.82) is 0 Å². The van der Waals surface area contributed by atoms with Crippen LogP contribution in [0.4, 0.5) is 5.69 Å². The number of phenols is 2. The van der Waals surface area contributed by atoms with E-state index in [2.05, 4.69) is 5.32 Å². The Morgan fingerprint density at radius 3 is 2.36 bits per heavy atom. The van der Waals surface area contributed by atoms with E-state index in [0.29, 0.717) is 11.1 Å². The average molecular weight is 297 g/mol. The van der Waals surface area contributed by atoms with Crippen molar-refractivity contribution in [3.63, 3.8) is 0 Å². The van der Waals surface area contributed by atoms with E-state index in [1.54, 1.807) is 6.07 Å². The minimum Gasteiger partial charge on any atom is -0.508 e. The fourth-order valence-electron chi connectivity index (χ4n) is 2.00. The molecule has 0 unspecified atom stereocenters. The second kappa shape index (κ2) is 5.25. The van der Waals surface area contributed by atoms with Gasteiger partial charge in [0.2, 0.25) is 0 Å². The van der Waals surface area contributed by atoms with E-state index in [-0.39, 0.29) is 22.6 Å². The van der Waals surface area contributed by atoms with E-state index in [1.807, 2.05) is 0 Å². The molecule has 0 bridgehead atoms. The lowest BCUT2D eigenvalue weighted by Gasteiger charge is -2.05. The van der Waals surface area contributed by atoms with Crippen molar-refractivity contribution in [2.45, 2.75) is 0 Å². The number of aromatic hydroxyl groups is 2. The van der Waals surface area contributed by atoms with Gasteiger partial charge >= 0.3 is 5.63 Å². The van der Waals surface area contributed by atoms with Crippen LogP contribution < -0.4 is 10.9 Å². The van der Waals surface area contributed by atoms with Gasteiger partial charge in [-0.25, -0.2) is 4.79 Å². The van der Waals surface area contributed by atoms with Crippen LogP contribution in [0.15, 0.2) is 57.7 Å². The summed E-state index contributed by atoms with van der Waals surface area (Å²) in [7, 11) is 0. The van der Waals surface area contributed by atoms with E-state index in [9.17, 15) is 19.8 Å². The highest BCUT2D eigenvalue weighted by molar-refractivity contribution is 6.05. The van der Waals surface area contributed by atoms with Crippen molar-refractivity contribution in [3.8, 4) is 11.5 Å². The number of anilines is 1. The Kier molecular flexibility index (Phi) is 3.27. The van der Waals surface area contributed by atoms with Crippen LogP contribution in [0.5, 0.6) is 11.5 Å². The second-order valence-electron chi connectivity index (χ2n) is 4.67. The predicted molar refractivity (Wildman–Crippen MR) is 80.2 cm³/mol. The molecule has 0 fully saturated rings. The van der Waals surface area contributed by atoms with Crippen molar-refractivity contribution in [3.05, 3.63) is 64.5 Å². The molecule has 1 amide bonds. The maximum Gasteiger partial charge on any atom is 0.349 e. The molecule has 3 rings (SSSR count). The zero-order valence-electron chi connectivity index (χ0n) is 11.2. The van der Waals surface area contributed by atoms with E-state index in [4.69, 9.17) is 4.42 Å². The standard InChI is InChI=1S/C16H11NO5/c18-11-5-2-10(3-6-11)17-15(20)13-7-9-1-4-12(19)8-14(9)22-16(13)21/h1-8,18-19H,(H,17,20). The SMILES string of the molecule is O=C(Nc1ccc(O)cc1)c1cc2ccc(O)cc2oc1=O. The first-order valence-corrected chi connectivity index (χ1v) is 6.40. The van der Waals surface area contributed by atoms with Crippen LogP contribution in [0, 0.1) is 0 Å². The van der Waals surface area contributed by atoms with Gasteiger partial charge in [0, 0.05) is 17.1 Å². The van der Waals surface area contributed by atoms with Crippen LogP contribution >= 0.6 is 0 Å². The zero-order chi connectivity index (χ0) is 15.7. The minimum absolute atomic E-state index is 0.0306. The zero-order valence-corrected chi connectivity index (χ0v) is 11.2. The number of carbonyl (C=O) groups excluding carboxylic acids is 1. The van der Waals surface area contributed by atoms with E-state index in [1.165, 1.54) is 42.5 Å². The minimum atomic E-state index is -0.797. The molecule has 3 N–H and O–H groups in total. The first-order chi connectivity index (χ1) is 10.5. The molecule has 3 aromatic rings. The molecule has 22 heavy (non-hydrogen) atoms. The number of benzene rings is 2. The van der Waals surface area contributed by atoms with Crippen molar-refractivity contribution in [1.82, 2.24) is 0 Å². The summed E-state index contributed by atoms with van der Waals surface area (Å²) in [5.41, 5.74) is -0.306. The van der Waals surface area contributed by atoms with Gasteiger partial charge in [-0.15, -0.1) is 0 Å². The molecule has 110 valence electrons. The Balaban J connectivity index is 1.96. The maximum atomic E-state index is 12.1. The number of amides is 1. The third-order valence-corrected chi connectivity index (χ3v) is 3.09. The summed E-state index contributed by atoms with van der Waals surface area (Å²) >= 11 is 0. The van der Waals surface area contributed by atoms with Gasteiger partial charge in [-0.2, -0.15) is 0 Å². The van der Waals surface area contributed by atoms with Crippen LogP contribution in [0.1, 0.15) is 10.4 Å². The van der Waals surface area contributed by atoms with Gasteiger partial charge in [0.25, 0.3) is 5.91 Å². The fraction of sp³-hybridized carbons (Fsp3) is 0. The molecule has 0 aliphatic carbocycles. The normalized spacial score (nSPS) is 10.5. The maximum absolute atomic E-state index is 12.1. The van der Waals surface area contributed by atoms with Gasteiger partial charge in [-0.05, 0) is 42.5 Å². The number of hydrogen-bond donors (Lipinski definition) is 3. The fourth-order valence-corrected chi connectivity index (χ4v) is 2.00. The van der Waals surface area contributed by atoms with Gasteiger partial charge in [-0.3, -0.25) is 4.79 Å².